The van der Waals surface area contributed by atoms with E-state index in [1.165, 1.54) is 11.3 Å². The number of fused-ring (bicyclic) bond motifs is 2. The van der Waals surface area contributed by atoms with Gasteiger partial charge in [-0.15, -0.1) is 0 Å². The maximum atomic E-state index is 12.8. The molecule has 0 saturated carbocycles. The first kappa shape index (κ1) is 17.6. The Morgan fingerprint density at radius 3 is 2.61 bits per heavy atom. The van der Waals surface area contributed by atoms with E-state index in [4.69, 9.17) is 4.98 Å². The molecule has 6 heteroatoms. The molecule has 0 spiro atoms. The lowest BCUT2D eigenvalue weighted by molar-refractivity contribution is 0.477. The van der Waals surface area contributed by atoms with Crippen molar-refractivity contribution in [1.82, 2.24) is 9.29 Å². The molecular weight excluding hydrogens is 370 g/mol. The average Bonchev–Trinajstić information content (AvgIpc) is 3.35. The van der Waals surface area contributed by atoms with Crippen molar-refractivity contribution in [2.45, 2.75) is 37.1 Å². The number of benzene rings is 2. The van der Waals surface area contributed by atoms with Gasteiger partial charge in [0.2, 0.25) is 10.0 Å². The molecular formula is C22H23N3O2S. The first-order chi connectivity index (χ1) is 13.5. The van der Waals surface area contributed by atoms with E-state index >= 15 is 0 Å². The Morgan fingerprint density at radius 2 is 1.79 bits per heavy atom. The van der Waals surface area contributed by atoms with E-state index in [2.05, 4.69) is 36.1 Å². The Kier molecular flexibility index (Phi) is 4.14. The first-order valence-electron chi connectivity index (χ1n) is 9.82. The van der Waals surface area contributed by atoms with Gasteiger partial charge in [-0.2, -0.15) is 4.31 Å². The summed E-state index contributed by atoms with van der Waals surface area (Å²) >= 11 is 0. The van der Waals surface area contributed by atoms with Gasteiger partial charge in [0.1, 0.15) is 5.82 Å². The molecule has 1 atom stereocenters. The number of hydrogen-bond acceptors (Lipinski definition) is 4. The molecule has 2 aliphatic heterocycles. The maximum absolute atomic E-state index is 12.8. The van der Waals surface area contributed by atoms with Gasteiger partial charge in [0.25, 0.3) is 0 Å². The van der Waals surface area contributed by atoms with Crippen LogP contribution < -0.4 is 4.90 Å². The van der Waals surface area contributed by atoms with Gasteiger partial charge in [0, 0.05) is 30.2 Å². The molecule has 0 radical (unpaired) electrons. The second-order valence-electron chi connectivity index (χ2n) is 7.69. The molecule has 0 N–H and O–H groups in total. The second-order valence-corrected chi connectivity index (χ2v) is 9.62. The minimum atomic E-state index is -3.41. The third-order valence-electron chi connectivity index (χ3n) is 5.80. The Hall–Kier alpha value is -2.44. The monoisotopic (exact) mass is 393 g/mol. The molecule has 3 aromatic rings. The van der Waals surface area contributed by atoms with Gasteiger partial charge in [0.05, 0.1) is 10.4 Å². The molecule has 0 aliphatic carbocycles. The van der Waals surface area contributed by atoms with E-state index in [1.54, 1.807) is 16.4 Å². The van der Waals surface area contributed by atoms with Crippen molar-refractivity contribution in [2.24, 2.45) is 0 Å². The molecule has 3 heterocycles. The number of hydrogen-bond donors (Lipinski definition) is 0. The van der Waals surface area contributed by atoms with Gasteiger partial charge >= 0.3 is 0 Å². The van der Waals surface area contributed by atoms with Crippen LogP contribution >= 0.6 is 0 Å². The highest BCUT2D eigenvalue weighted by atomic mass is 32.2. The average molecular weight is 394 g/mol. The van der Waals surface area contributed by atoms with Crippen LogP contribution in [0.25, 0.3) is 10.9 Å². The van der Waals surface area contributed by atoms with Crippen LogP contribution in [0.2, 0.25) is 0 Å². The quantitative estimate of drug-likeness (QED) is 0.672. The molecule has 1 aromatic heterocycles. The van der Waals surface area contributed by atoms with E-state index in [9.17, 15) is 8.42 Å². The topological polar surface area (TPSA) is 53.5 Å². The van der Waals surface area contributed by atoms with Gasteiger partial charge in [-0.05, 0) is 68.1 Å². The lowest BCUT2D eigenvalue weighted by atomic mass is 10.1. The molecule has 1 unspecified atom stereocenters. The number of pyridine rings is 1. The number of sulfonamides is 1. The fourth-order valence-electron chi connectivity index (χ4n) is 4.38. The molecule has 0 bridgehead atoms. The standard InChI is InChI=1S/C22H23N3O2S/c1-16-14-18-6-2-3-7-21(18)25(16)22-11-8-17-15-19(9-10-20(17)23-22)28(26,27)24-12-4-5-13-24/h2-3,6-11,15-16H,4-5,12-14H2,1H3. The normalized spacial score (nSPS) is 20.0. The summed E-state index contributed by atoms with van der Waals surface area (Å²) in [6, 6.07) is 18.0. The third kappa shape index (κ3) is 2.79. The molecule has 1 fully saturated rings. The highest BCUT2D eigenvalue weighted by molar-refractivity contribution is 7.89. The van der Waals surface area contributed by atoms with E-state index in [-0.39, 0.29) is 0 Å². The summed E-state index contributed by atoms with van der Waals surface area (Å²) in [7, 11) is -3.41. The summed E-state index contributed by atoms with van der Waals surface area (Å²) in [6.45, 7) is 3.44. The zero-order valence-corrected chi connectivity index (χ0v) is 16.7. The highest BCUT2D eigenvalue weighted by Gasteiger charge is 2.29. The molecule has 2 aromatic carbocycles. The van der Waals surface area contributed by atoms with Gasteiger partial charge in [0.15, 0.2) is 0 Å². The minimum Gasteiger partial charge on any atom is -0.323 e. The van der Waals surface area contributed by atoms with Crippen LogP contribution in [0.1, 0.15) is 25.3 Å². The Balaban J connectivity index is 1.53. The van der Waals surface area contributed by atoms with Crippen LogP contribution in [0.15, 0.2) is 59.5 Å². The van der Waals surface area contributed by atoms with Crippen molar-refractivity contribution in [1.29, 1.82) is 0 Å². The second kappa shape index (κ2) is 6.57. The van der Waals surface area contributed by atoms with Crippen LogP contribution in [-0.4, -0.2) is 36.8 Å². The molecule has 2 aliphatic rings. The Bertz CT molecular complexity index is 1150. The Morgan fingerprint density at radius 1 is 1.00 bits per heavy atom. The summed E-state index contributed by atoms with van der Waals surface area (Å²) in [5.74, 6) is 0.903. The maximum Gasteiger partial charge on any atom is 0.243 e. The minimum absolute atomic E-state index is 0.345. The molecule has 5 rings (SSSR count). The fourth-order valence-corrected chi connectivity index (χ4v) is 5.93. The largest absolute Gasteiger partial charge is 0.323 e. The van der Waals surface area contributed by atoms with Crippen LogP contribution in [0.4, 0.5) is 11.5 Å². The van der Waals surface area contributed by atoms with E-state index in [0.717, 1.165) is 36.0 Å². The van der Waals surface area contributed by atoms with E-state index < -0.39 is 10.0 Å². The summed E-state index contributed by atoms with van der Waals surface area (Å²) in [5.41, 5.74) is 3.36. The van der Waals surface area contributed by atoms with Crippen LogP contribution in [0.5, 0.6) is 0 Å². The lowest BCUT2D eigenvalue weighted by Gasteiger charge is -2.24. The van der Waals surface area contributed by atoms with Gasteiger partial charge in [-0.1, -0.05) is 18.2 Å². The smallest absolute Gasteiger partial charge is 0.243 e. The highest BCUT2D eigenvalue weighted by Crippen LogP contribution is 2.37. The number of para-hydroxylation sites is 1. The van der Waals surface area contributed by atoms with Crippen LogP contribution in [-0.2, 0) is 16.4 Å². The van der Waals surface area contributed by atoms with Gasteiger partial charge in [-0.25, -0.2) is 13.4 Å². The van der Waals surface area contributed by atoms with Crippen molar-refractivity contribution >= 4 is 32.4 Å². The molecule has 1 saturated heterocycles. The van der Waals surface area contributed by atoms with Crippen LogP contribution in [0, 0.1) is 0 Å². The van der Waals surface area contributed by atoms with E-state index in [1.807, 2.05) is 18.2 Å². The van der Waals surface area contributed by atoms with Gasteiger partial charge < -0.3 is 4.90 Å². The number of aromatic nitrogens is 1. The van der Waals surface area contributed by atoms with Crippen molar-refractivity contribution in [3.63, 3.8) is 0 Å². The summed E-state index contributed by atoms with van der Waals surface area (Å²) in [5, 5.41) is 0.851. The predicted molar refractivity (Wildman–Crippen MR) is 111 cm³/mol. The van der Waals surface area contributed by atoms with Crippen molar-refractivity contribution in [3.05, 3.63) is 60.2 Å². The lowest BCUT2D eigenvalue weighted by Crippen LogP contribution is -2.27. The summed E-state index contributed by atoms with van der Waals surface area (Å²) in [6.07, 6.45) is 2.88. The zero-order chi connectivity index (χ0) is 19.3. The molecule has 144 valence electrons. The number of anilines is 2. The van der Waals surface area contributed by atoms with Crippen molar-refractivity contribution in [2.75, 3.05) is 18.0 Å². The molecule has 5 nitrogen and oxygen atoms in total. The van der Waals surface area contributed by atoms with Crippen LogP contribution in [0.3, 0.4) is 0 Å². The van der Waals surface area contributed by atoms with Crippen molar-refractivity contribution in [3.8, 4) is 0 Å². The SMILES string of the molecule is CC1Cc2ccccc2N1c1ccc2cc(S(=O)(=O)N3CCCC3)ccc2n1. The first-order valence-corrected chi connectivity index (χ1v) is 11.3. The molecule has 0 amide bonds. The number of nitrogens with zero attached hydrogens (tertiary/aromatic N) is 3. The molecule has 28 heavy (non-hydrogen) atoms. The number of rotatable bonds is 3. The summed E-state index contributed by atoms with van der Waals surface area (Å²) in [4.78, 5) is 7.47. The predicted octanol–water partition coefficient (Wildman–Crippen LogP) is 4.10. The zero-order valence-electron chi connectivity index (χ0n) is 15.9. The third-order valence-corrected chi connectivity index (χ3v) is 7.70. The van der Waals surface area contributed by atoms with Gasteiger partial charge in [-0.3, -0.25) is 0 Å². The fraction of sp³-hybridized carbons (Fsp3) is 0.318. The van der Waals surface area contributed by atoms with E-state index in [0.29, 0.717) is 24.0 Å². The Labute approximate surface area is 165 Å². The van der Waals surface area contributed by atoms with Crippen molar-refractivity contribution < 1.29 is 8.42 Å². The summed E-state index contributed by atoms with van der Waals surface area (Å²) < 4.78 is 27.2.